The topological polar surface area (TPSA) is 48.9 Å². The van der Waals surface area contributed by atoms with Crippen molar-refractivity contribution in [2.75, 3.05) is 50.7 Å². The van der Waals surface area contributed by atoms with Gasteiger partial charge in [0.2, 0.25) is 0 Å². The monoisotopic (exact) mass is 422 g/mol. The number of piperidine rings is 1. The van der Waals surface area contributed by atoms with Crippen LogP contribution in [-0.4, -0.2) is 72.6 Å². The summed E-state index contributed by atoms with van der Waals surface area (Å²) in [7, 11) is 0. The van der Waals surface area contributed by atoms with Crippen LogP contribution in [0.1, 0.15) is 37.0 Å². The highest BCUT2D eigenvalue weighted by Gasteiger charge is 2.28. The lowest BCUT2D eigenvalue weighted by atomic mass is 9.96. The van der Waals surface area contributed by atoms with Gasteiger partial charge in [0.25, 0.3) is 5.91 Å². The number of amides is 1. The highest BCUT2D eigenvalue weighted by atomic mass is 16.5. The van der Waals surface area contributed by atoms with E-state index in [1.807, 2.05) is 61.3 Å². The molecule has 1 amide bonds. The van der Waals surface area contributed by atoms with Gasteiger partial charge in [-0.2, -0.15) is 0 Å². The molecule has 4 rings (SSSR count). The number of hydrogen-bond donors (Lipinski definition) is 0. The quantitative estimate of drug-likeness (QED) is 0.713. The molecule has 2 fully saturated rings. The summed E-state index contributed by atoms with van der Waals surface area (Å²) in [5.74, 6) is 2.38. The Balaban J connectivity index is 1.32. The van der Waals surface area contributed by atoms with Gasteiger partial charge in [0.15, 0.2) is 0 Å². The summed E-state index contributed by atoms with van der Waals surface area (Å²) in [5, 5.41) is 0. The minimum absolute atomic E-state index is 0.0489. The van der Waals surface area contributed by atoms with Gasteiger partial charge in [-0.3, -0.25) is 9.69 Å². The van der Waals surface area contributed by atoms with E-state index in [9.17, 15) is 4.79 Å². The van der Waals surface area contributed by atoms with Crippen molar-refractivity contribution in [3.63, 3.8) is 0 Å². The van der Waals surface area contributed by atoms with Crippen molar-refractivity contribution in [3.05, 3.63) is 54.2 Å². The number of carbonyl (C=O) groups excluding carboxylic acids is 1. The van der Waals surface area contributed by atoms with Gasteiger partial charge in [-0.1, -0.05) is 18.2 Å². The summed E-state index contributed by atoms with van der Waals surface area (Å²) in [4.78, 5) is 24.7. The zero-order valence-corrected chi connectivity index (χ0v) is 18.7. The number of rotatable bonds is 6. The Morgan fingerprint density at radius 3 is 2.58 bits per heavy atom. The lowest BCUT2D eigenvalue weighted by Gasteiger charge is -2.39. The number of pyridine rings is 1. The molecule has 1 atom stereocenters. The summed E-state index contributed by atoms with van der Waals surface area (Å²) in [6, 6.07) is 13.7. The molecule has 0 saturated carbocycles. The number of carbonyl (C=O) groups is 1. The molecule has 0 spiro atoms. The second kappa shape index (κ2) is 10.1. The molecule has 166 valence electrons. The van der Waals surface area contributed by atoms with Crippen molar-refractivity contribution in [2.24, 2.45) is 5.92 Å². The van der Waals surface area contributed by atoms with Crippen molar-refractivity contribution in [1.29, 1.82) is 0 Å². The van der Waals surface area contributed by atoms with Gasteiger partial charge in [0, 0.05) is 52.0 Å². The highest BCUT2D eigenvalue weighted by Crippen LogP contribution is 2.25. The average molecular weight is 423 g/mol. The van der Waals surface area contributed by atoms with Gasteiger partial charge >= 0.3 is 0 Å². The Morgan fingerprint density at radius 2 is 1.84 bits per heavy atom. The summed E-state index contributed by atoms with van der Waals surface area (Å²) in [6.07, 6.45) is 4.17. The van der Waals surface area contributed by atoms with Crippen LogP contribution in [0.4, 0.5) is 5.82 Å². The van der Waals surface area contributed by atoms with E-state index in [0.717, 1.165) is 58.1 Å². The van der Waals surface area contributed by atoms with E-state index in [1.165, 1.54) is 6.42 Å². The number of nitrogens with zero attached hydrogens (tertiary/aromatic N) is 4. The number of ether oxygens (including phenoxy) is 1. The molecule has 1 aromatic heterocycles. The second-order valence-electron chi connectivity index (χ2n) is 8.90. The lowest BCUT2D eigenvalue weighted by Crippen LogP contribution is -2.50. The van der Waals surface area contributed by atoms with E-state index in [0.29, 0.717) is 17.2 Å². The van der Waals surface area contributed by atoms with Crippen molar-refractivity contribution in [2.45, 2.75) is 32.8 Å². The molecule has 2 aliphatic rings. The molecule has 6 heteroatoms. The van der Waals surface area contributed by atoms with Gasteiger partial charge in [-0.05, 0) is 56.9 Å². The first-order chi connectivity index (χ1) is 15.1. The van der Waals surface area contributed by atoms with Crippen LogP contribution < -0.4 is 9.64 Å². The van der Waals surface area contributed by atoms with Crippen molar-refractivity contribution < 1.29 is 9.53 Å². The van der Waals surface area contributed by atoms with Crippen LogP contribution >= 0.6 is 0 Å². The molecular weight excluding hydrogens is 388 g/mol. The minimum Gasteiger partial charge on any atom is -0.490 e. The Morgan fingerprint density at radius 1 is 1.06 bits per heavy atom. The maximum absolute atomic E-state index is 13.3. The normalized spacial score (nSPS) is 20.2. The SMILES string of the molecule is CC(C)Oc1ccccc1C(=O)N1CCCC(CN2CCN(c3ccccn3)CC2)C1. The molecule has 2 aromatic rings. The zero-order chi connectivity index (χ0) is 21.6. The number of likely N-dealkylation sites (tertiary alicyclic amines) is 1. The highest BCUT2D eigenvalue weighted by molar-refractivity contribution is 5.97. The lowest BCUT2D eigenvalue weighted by molar-refractivity contribution is 0.0631. The summed E-state index contributed by atoms with van der Waals surface area (Å²) in [6.45, 7) is 10.8. The molecule has 1 aromatic carbocycles. The van der Waals surface area contributed by atoms with Crippen LogP contribution in [-0.2, 0) is 0 Å². The number of para-hydroxylation sites is 1. The molecule has 1 unspecified atom stereocenters. The molecule has 6 nitrogen and oxygen atoms in total. The van der Waals surface area contributed by atoms with Crippen LogP contribution in [0.2, 0.25) is 0 Å². The fourth-order valence-corrected chi connectivity index (χ4v) is 4.63. The fraction of sp³-hybridized carbons (Fsp3) is 0.520. The molecule has 2 saturated heterocycles. The molecule has 0 N–H and O–H groups in total. The average Bonchev–Trinajstić information content (AvgIpc) is 2.80. The summed E-state index contributed by atoms with van der Waals surface area (Å²) >= 11 is 0. The third-order valence-electron chi connectivity index (χ3n) is 6.15. The van der Waals surface area contributed by atoms with Gasteiger partial charge in [-0.25, -0.2) is 4.98 Å². The van der Waals surface area contributed by atoms with E-state index in [4.69, 9.17) is 4.74 Å². The van der Waals surface area contributed by atoms with Gasteiger partial charge in [-0.15, -0.1) is 0 Å². The first kappa shape index (κ1) is 21.6. The van der Waals surface area contributed by atoms with Crippen LogP contribution in [0.15, 0.2) is 48.7 Å². The van der Waals surface area contributed by atoms with Crippen molar-refractivity contribution >= 4 is 11.7 Å². The van der Waals surface area contributed by atoms with Gasteiger partial charge in [0.05, 0.1) is 11.7 Å². The van der Waals surface area contributed by atoms with Crippen LogP contribution in [0.5, 0.6) is 5.75 Å². The number of anilines is 1. The number of piperazine rings is 1. The third kappa shape index (κ3) is 5.56. The standard InChI is InChI=1S/C25H34N4O2/c1-20(2)31-23-10-4-3-9-22(23)25(30)29-13-7-8-21(19-29)18-27-14-16-28(17-15-27)24-11-5-6-12-26-24/h3-6,9-12,20-21H,7-8,13-19H2,1-2H3. The predicted molar refractivity (Wildman–Crippen MR) is 124 cm³/mol. The largest absolute Gasteiger partial charge is 0.490 e. The zero-order valence-electron chi connectivity index (χ0n) is 18.7. The van der Waals surface area contributed by atoms with E-state index in [-0.39, 0.29) is 12.0 Å². The first-order valence-corrected chi connectivity index (χ1v) is 11.5. The summed E-state index contributed by atoms with van der Waals surface area (Å²) < 4.78 is 5.89. The van der Waals surface area contributed by atoms with E-state index >= 15 is 0 Å². The predicted octanol–water partition coefficient (Wildman–Crippen LogP) is 3.54. The van der Waals surface area contributed by atoms with Crippen molar-refractivity contribution in [3.8, 4) is 5.75 Å². The number of benzene rings is 1. The molecule has 0 radical (unpaired) electrons. The Hall–Kier alpha value is -2.60. The maximum Gasteiger partial charge on any atom is 0.257 e. The van der Waals surface area contributed by atoms with E-state index in [2.05, 4.69) is 20.9 Å². The molecule has 2 aliphatic heterocycles. The number of hydrogen-bond acceptors (Lipinski definition) is 5. The van der Waals surface area contributed by atoms with E-state index < -0.39 is 0 Å². The first-order valence-electron chi connectivity index (χ1n) is 11.5. The Labute approximate surface area is 185 Å². The third-order valence-corrected chi connectivity index (χ3v) is 6.15. The van der Waals surface area contributed by atoms with Crippen LogP contribution in [0.3, 0.4) is 0 Å². The van der Waals surface area contributed by atoms with E-state index in [1.54, 1.807) is 0 Å². The number of aromatic nitrogens is 1. The molecule has 3 heterocycles. The Kier molecular flexibility index (Phi) is 7.07. The van der Waals surface area contributed by atoms with Crippen LogP contribution in [0.25, 0.3) is 0 Å². The molecule has 0 bridgehead atoms. The molecule has 31 heavy (non-hydrogen) atoms. The minimum atomic E-state index is 0.0489. The molecule has 0 aliphatic carbocycles. The van der Waals surface area contributed by atoms with Gasteiger partial charge < -0.3 is 14.5 Å². The smallest absolute Gasteiger partial charge is 0.257 e. The van der Waals surface area contributed by atoms with Crippen molar-refractivity contribution in [1.82, 2.24) is 14.8 Å². The fourth-order valence-electron chi connectivity index (χ4n) is 4.63. The van der Waals surface area contributed by atoms with Gasteiger partial charge in [0.1, 0.15) is 11.6 Å². The Bertz CT molecular complexity index is 850. The maximum atomic E-state index is 13.3. The summed E-state index contributed by atoms with van der Waals surface area (Å²) in [5.41, 5.74) is 0.681. The molecular formula is C25H34N4O2. The van der Waals surface area contributed by atoms with Crippen LogP contribution in [0, 0.1) is 5.92 Å². The second-order valence-corrected chi connectivity index (χ2v) is 8.90.